The first kappa shape index (κ1) is 15.7. The van der Waals surface area contributed by atoms with Gasteiger partial charge in [-0.3, -0.25) is 0 Å². The number of nitrogens with zero attached hydrogens (tertiary/aromatic N) is 3. The fourth-order valence-electron chi connectivity index (χ4n) is 3.70. The molecule has 0 bridgehead atoms. The van der Waals surface area contributed by atoms with Crippen molar-refractivity contribution < 1.29 is 4.79 Å². The molecular formula is C16H26N4OS. The van der Waals surface area contributed by atoms with Crippen molar-refractivity contribution in [2.45, 2.75) is 45.7 Å². The van der Waals surface area contributed by atoms with Gasteiger partial charge < -0.3 is 15.1 Å². The zero-order valence-electron chi connectivity index (χ0n) is 13.8. The van der Waals surface area contributed by atoms with Gasteiger partial charge in [0, 0.05) is 24.0 Å². The maximum Gasteiger partial charge on any atom is 0.318 e. The van der Waals surface area contributed by atoms with Crippen molar-refractivity contribution in [3.63, 3.8) is 0 Å². The quantitative estimate of drug-likeness (QED) is 0.909. The Bertz CT molecular complexity index is 525. The molecule has 6 heteroatoms. The molecule has 1 aromatic heterocycles. The maximum atomic E-state index is 12.6. The van der Waals surface area contributed by atoms with Crippen LogP contribution in [0, 0.1) is 19.8 Å². The summed E-state index contributed by atoms with van der Waals surface area (Å²) in [5, 5.41) is 4.08. The summed E-state index contributed by atoms with van der Waals surface area (Å²) in [4.78, 5) is 22.8. The lowest BCUT2D eigenvalue weighted by molar-refractivity contribution is 0.0532. The molecule has 0 aliphatic carbocycles. The van der Waals surface area contributed by atoms with E-state index in [2.05, 4.69) is 34.1 Å². The van der Waals surface area contributed by atoms with E-state index in [1.54, 1.807) is 11.3 Å². The van der Waals surface area contributed by atoms with Crippen LogP contribution < -0.4 is 5.32 Å². The van der Waals surface area contributed by atoms with Crippen molar-refractivity contribution >= 4 is 17.4 Å². The van der Waals surface area contributed by atoms with Crippen molar-refractivity contribution in [2.24, 2.45) is 5.92 Å². The Morgan fingerprint density at radius 2 is 2.18 bits per heavy atom. The first-order chi connectivity index (χ1) is 10.5. The molecule has 3 rings (SSSR count). The Morgan fingerprint density at radius 1 is 1.36 bits per heavy atom. The number of aromatic nitrogens is 1. The maximum absolute atomic E-state index is 12.6. The lowest BCUT2D eigenvalue weighted by Gasteiger charge is -2.46. The summed E-state index contributed by atoms with van der Waals surface area (Å²) in [5.74, 6) is 0.641. The summed E-state index contributed by atoms with van der Waals surface area (Å²) in [5.41, 5.74) is 1.07. The second-order valence-electron chi connectivity index (χ2n) is 6.62. The van der Waals surface area contributed by atoms with Gasteiger partial charge >= 0.3 is 6.03 Å². The van der Waals surface area contributed by atoms with Crippen LogP contribution in [0.3, 0.4) is 0 Å². The summed E-state index contributed by atoms with van der Waals surface area (Å²) >= 11 is 1.68. The molecular weight excluding hydrogens is 296 g/mol. The van der Waals surface area contributed by atoms with Crippen molar-refractivity contribution in [1.29, 1.82) is 0 Å². The molecule has 0 aromatic carbocycles. The molecule has 3 heterocycles. The SMILES string of the molecule is Cc1nc(CNC(=O)N2CCCC3CN(C)CCC32)sc1C. The van der Waals surface area contributed by atoms with Gasteiger partial charge in [-0.05, 0) is 52.6 Å². The number of rotatable bonds is 2. The molecule has 5 nitrogen and oxygen atoms in total. The number of fused-ring (bicyclic) bond motifs is 1. The van der Waals surface area contributed by atoms with Gasteiger partial charge in [-0.25, -0.2) is 9.78 Å². The third-order valence-electron chi connectivity index (χ3n) is 5.00. The van der Waals surface area contributed by atoms with Crippen LogP contribution in [-0.2, 0) is 6.54 Å². The van der Waals surface area contributed by atoms with E-state index in [1.165, 1.54) is 11.3 Å². The highest BCUT2D eigenvalue weighted by Crippen LogP contribution is 2.30. The molecule has 0 radical (unpaired) electrons. The van der Waals surface area contributed by atoms with Gasteiger partial charge in [0.05, 0.1) is 12.2 Å². The largest absolute Gasteiger partial charge is 0.331 e. The minimum absolute atomic E-state index is 0.0877. The number of nitrogens with one attached hydrogen (secondary N) is 1. The highest BCUT2D eigenvalue weighted by molar-refractivity contribution is 7.11. The number of likely N-dealkylation sites (tertiary alicyclic amines) is 2. The Labute approximate surface area is 136 Å². The molecule has 2 atom stereocenters. The number of aryl methyl sites for hydroxylation is 2. The van der Waals surface area contributed by atoms with E-state index in [0.717, 1.165) is 43.2 Å². The number of carbonyl (C=O) groups excluding carboxylic acids is 1. The lowest BCUT2D eigenvalue weighted by atomic mass is 9.84. The van der Waals surface area contributed by atoms with E-state index < -0.39 is 0 Å². The number of amides is 2. The molecule has 2 amide bonds. The average Bonchev–Trinajstić information content (AvgIpc) is 2.82. The first-order valence-electron chi connectivity index (χ1n) is 8.20. The highest BCUT2D eigenvalue weighted by Gasteiger charge is 2.37. The monoisotopic (exact) mass is 322 g/mol. The van der Waals surface area contributed by atoms with Gasteiger partial charge in [0.25, 0.3) is 0 Å². The molecule has 122 valence electrons. The van der Waals surface area contributed by atoms with Gasteiger partial charge in [0.15, 0.2) is 0 Å². The van der Waals surface area contributed by atoms with Crippen LogP contribution in [0.1, 0.15) is 34.8 Å². The molecule has 2 fully saturated rings. The third-order valence-corrected chi connectivity index (χ3v) is 6.07. The Kier molecular flexibility index (Phi) is 4.68. The van der Waals surface area contributed by atoms with Crippen LogP contribution in [0.25, 0.3) is 0 Å². The fraction of sp³-hybridized carbons (Fsp3) is 0.750. The smallest absolute Gasteiger partial charge is 0.318 e. The van der Waals surface area contributed by atoms with E-state index in [9.17, 15) is 4.79 Å². The number of urea groups is 1. The highest BCUT2D eigenvalue weighted by atomic mass is 32.1. The second kappa shape index (κ2) is 6.54. The van der Waals surface area contributed by atoms with E-state index >= 15 is 0 Å². The van der Waals surface area contributed by atoms with Gasteiger partial charge in [-0.1, -0.05) is 0 Å². The molecule has 1 N–H and O–H groups in total. The molecule has 0 saturated carbocycles. The number of hydrogen-bond donors (Lipinski definition) is 1. The summed E-state index contributed by atoms with van der Waals surface area (Å²) in [6.45, 7) is 7.75. The predicted octanol–water partition coefficient (Wildman–Crippen LogP) is 2.39. The number of hydrogen-bond acceptors (Lipinski definition) is 4. The van der Waals surface area contributed by atoms with Crippen LogP contribution in [0.5, 0.6) is 0 Å². The third kappa shape index (κ3) is 3.27. The van der Waals surface area contributed by atoms with Gasteiger partial charge in [0.2, 0.25) is 0 Å². The molecule has 1 aromatic rings. The summed E-state index contributed by atoms with van der Waals surface area (Å²) in [6.07, 6.45) is 3.48. The number of carbonyl (C=O) groups is 1. The second-order valence-corrected chi connectivity index (χ2v) is 7.91. The molecule has 2 saturated heterocycles. The minimum Gasteiger partial charge on any atom is -0.331 e. The molecule has 22 heavy (non-hydrogen) atoms. The first-order valence-corrected chi connectivity index (χ1v) is 9.02. The minimum atomic E-state index is 0.0877. The van der Waals surface area contributed by atoms with Gasteiger partial charge in [0.1, 0.15) is 5.01 Å². The van der Waals surface area contributed by atoms with Crippen LogP contribution in [0.2, 0.25) is 0 Å². The number of piperidine rings is 2. The van der Waals surface area contributed by atoms with E-state index in [0.29, 0.717) is 18.5 Å². The Balaban J connectivity index is 1.59. The lowest BCUT2D eigenvalue weighted by Crippen LogP contribution is -2.57. The van der Waals surface area contributed by atoms with Gasteiger partial charge in [-0.15, -0.1) is 11.3 Å². The van der Waals surface area contributed by atoms with E-state index in [4.69, 9.17) is 0 Å². The zero-order chi connectivity index (χ0) is 15.7. The summed E-state index contributed by atoms with van der Waals surface area (Å²) in [7, 11) is 2.18. The summed E-state index contributed by atoms with van der Waals surface area (Å²) in [6, 6.07) is 0.509. The number of thiazole rings is 1. The predicted molar refractivity (Wildman–Crippen MR) is 89.2 cm³/mol. The Morgan fingerprint density at radius 3 is 2.91 bits per heavy atom. The van der Waals surface area contributed by atoms with Crippen LogP contribution in [-0.4, -0.2) is 53.5 Å². The topological polar surface area (TPSA) is 48.5 Å². The molecule has 2 aliphatic rings. The van der Waals surface area contributed by atoms with Crippen LogP contribution in [0.15, 0.2) is 0 Å². The standard InChI is InChI=1S/C16H26N4OS/c1-11-12(2)22-15(18-11)9-17-16(21)20-7-4-5-13-10-19(3)8-6-14(13)20/h13-14H,4-10H2,1-3H3,(H,17,21). The van der Waals surface area contributed by atoms with Crippen molar-refractivity contribution in [2.75, 3.05) is 26.7 Å². The average molecular weight is 322 g/mol. The van der Waals surface area contributed by atoms with Crippen molar-refractivity contribution in [1.82, 2.24) is 20.1 Å². The normalized spacial score (nSPS) is 25.9. The Hall–Kier alpha value is -1.14. The fourth-order valence-corrected chi connectivity index (χ4v) is 4.58. The zero-order valence-corrected chi connectivity index (χ0v) is 14.6. The van der Waals surface area contributed by atoms with Crippen molar-refractivity contribution in [3.05, 3.63) is 15.6 Å². The van der Waals surface area contributed by atoms with E-state index in [1.807, 2.05) is 6.92 Å². The summed E-state index contributed by atoms with van der Waals surface area (Å²) < 4.78 is 0. The van der Waals surface area contributed by atoms with Crippen LogP contribution >= 0.6 is 11.3 Å². The molecule has 0 spiro atoms. The van der Waals surface area contributed by atoms with Crippen LogP contribution in [0.4, 0.5) is 4.79 Å². The van der Waals surface area contributed by atoms with E-state index in [-0.39, 0.29) is 6.03 Å². The van der Waals surface area contributed by atoms with Crippen molar-refractivity contribution in [3.8, 4) is 0 Å². The molecule has 2 aliphatic heterocycles. The molecule has 2 unspecified atom stereocenters. The van der Waals surface area contributed by atoms with Gasteiger partial charge in [-0.2, -0.15) is 0 Å².